The number of nitriles is 1. The highest BCUT2D eigenvalue weighted by Gasteiger charge is 2.15. The fraction of sp³-hybridized carbons (Fsp3) is 0.0526. The van der Waals surface area contributed by atoms with Crippen LogP contribution in [-0.4, -0.2) is 4.57 Å². The SMILES string of the molecule is N#Cc1ccc(-c2ccc(Cl)c(Cl)c2)n(Cc2c(F)cccc2Cl)c1=O. The summed E-state index contributed by atoms with van der Waals surface area (Å²) in [7, 11) is 0. The Kier molecular flexibility index (Phi) is 5.33. The van der Waals surface area contributed by atoms with Crippen LogP contribution in [0.5, 0.6) is 0 Å². The van der Waals surface area contributed by atoms with E-state index in [9.17, 15) is 9.18 Å². The van der Waals surface area contributed by atoms with Gasteiger partial charge in [-0.15, -0.1) is 0 Å². The van der Waals surface area contributed by atoms with Crippen LogP contribution in [0.2, 0.25) is 15.1 Å². The summed E-state index contributed by atoms with van der Waals surface area (Å²) in [5.41, 5.74) is 0.629. The molecule has 1 aromatic heterocycles. The molecular formula is C19H10Cl3FN2O. The summed E-state index contributed by atoms with van der Waals surface area (Å²) in [4.78, 5) is 12.7. The lowest BCUT2D eigenvalue weighted by Crippen LogP contribution is -2.25. The van der Waals surface area contributed by atoms with Crippen LogP contribution in [0, 0.1) is 17.1 Å². The van der Waals surface area contributed by atoms with Crippen molar-refractivity contribution < 1.29 is 4.39 Å². The molecule has 0 saturated carbocycles. The Hall–Kier alpha value is -2.32. The molecule has 0 aliphatic heterocycles. The van der Waals surface area contributed by atoms with Gasteiger partial charge >= 0.3 is 0 Å². The minimum atomic E-state index is -0.546. The molecule has 0 saturated heterocycles. The molecule has 0 atom stereocenters. The van der Waals surface area contributed by atoms with Crippen molar-refractivity contribution in [3.05, 3.63) is 90.9 Å². The molecule has 0 radical (unpaired) electrons. The van der Waals surface area contributed by atoms with Crippen molar-refractivity contribution in [1.82, 2.24) is 4.57 Å². The average molecular weight is 408 g/mol. The quantitative estimate of drug-likeness (QED) is 0.572. The first-order valence-electron chi connectivity index (χ1n) is 7.44. The minimum Gasteiger partial charge on any atom is -0.303 e. The molecule has 2 aromatic carbocycles. The molecule has 0 unspecified atom stereocenters. The molecule has 0 amide bonds. The van der Waals surface area contributed by atoms with E-state index in [1.165, 1.54) is 28.8 Å². The van der Waals surface area contributed by atoms with E-state index in [1.807, 2.05) is 6.07 Å². The molecule has 7 heteroatoms. The molecule has 1 heterocycles. The van der Waals surface area contributed by atoms with Gasteiger partial charge in [0.05, 0.1) is 22.3 Å². The molecule has 3 aromatic rings. The molecule has 0 bridgehead atoms. The van der Waals surface area contributed by atoms with Crippen molar-refractivity contribution in [2.75, 3.05) is 0 Å². The van der Waals surface area contributed by atoms with Crippen molar-refractivity contribution in [2.45, 2.75) is 6.54 Å². The summed E-state index contributed by atoms with van der Waals surface area (Å²) in [5.74, 6) is -0.535. The first kappa shape index (κ1) is 18.5. The minimum absolute atomic E-state index is 0.0544. The summed E-state index contributed by atoms with van der Waals surface area (Å²) in [5, 5.41) is 10.0. The zero-order chi connectivity index (χ0) is 18.8. The second kappa shape index (κ2) is 7.51. The molecular weight excluding hydrogens is 398 g/mol. The number of rotatable bonds is 3. The highest BCUT2D eigenvalue weighted by molar-refractivity contribution is 6.42. The molecule has 3 nitrogen and oxygen atoms in total. The van der Waals surface area contributed by atoms with Crippen LogP contribution in [-0.2, 0) is 6.54 Å². The van der Waals surface area contributed by atoms with Gasteiger partial charge in [0.15, 0.2) is 0 Å². The third-order valence-electron chi connectivity index (χ3n) is 3.89. The monoisotopic (exact) mass is 406 g/mol. The van der Waals surface area contributed by atoms with Crippen LogP contribution in [0.3, 0.4) is 0 Å². The second-order valence-corrected chi connectivity index (χ2v) is 6.69. The molecule has 0 spiro atoms. The summed E-state index contributed by atoms with van der Waals surface area (Å²) in [6, 6.07) is 14.0. The highest BCUT2D eigenvalue weighted by Crippen LogP contribution is 2.29. The predicted molar refractivity (Wildman–Crippen MR) is 101 cm³/mol. The number of aromatic nitrogens is 1. The van der Waals surface area contributed by atoms with E-state index >= 15 is 0 Å². The third-order valence-corrected chi connectivity index (χ3v) is 4.98. The number of pyridine rings is 1. The number of benzene rings is 2. The maximum Gasteiger partial charge on any atom is 0.269 e. The van der Waals surface area contributed by atoms with Crippen LogP contribution >= 0.6 is 34.8 Å². The Morgan fingerprint density at radius 3 is 2.42 bits per heavy atom. The zero-order valence-corrected chi connectivity index (χ0v) is 15.4. The molecule has 0 aliphatic rings. The van der Waals surface area contributed by atoms with E-state index in [0.717, 1.165) is 0 Å². The predicted octanol–water partition coefficient (Wildman–Crippen LogP) is 5.53. The Morgan fingerprint density at radius 1 is 1.00 bits per heavy atom. The lowest BCUT2D eigenvalue weighted by molar-refractivity contribution is 0.597. The molecule has 26 heavy (non-hydrogen) atoms. The number of nitrogens with zero attached hydrogens (tertiary/aromatic N) is 2. The smallest absolute Gasteiger partial charge is 0.269 e. The number of hydrogen-bond donors (Lipinski definition) is 0. The Labute approximate surface area is 163 Å². The van der Waals surface area contributed by atoms with Crippen LogP contribution in [0.4, 0.5) is 4.39 Å². The Balaban J connectivity index is 2.24. The van der Waals surface area contributed by atoms with Gasteiger partial charge in [-0.3, -0.25) is 4.79 Å². The Bertz CT molecular complexity index is 1080. The van der Waals surface area contributed by atoms with Gasteiger partial charge in [0.2, 0.25) is 0 Å². The largest absolute Gasteiger partial charge is 0.303 e. The van der Waals surface area contributed by atoms with Gasteiger partial charge in [-0.25, -0.2) is 4.39 Å². The van der Waals surface area contributed by atoms with Gasteiger partial charge in [-0.05, 0) is 42.0 Å². The van der Waals surface area contributed by atoms with Crippen LogP contribution < -0.4 is 5.56 Å². The van der Waals surface area contributed by atoms with Gasteiger partial charge in [0, 0.05) is 10.6 Å². The van der Waals surface area contributed by atoms with Crippen molar-refractivity contribution in [1.29, 1.82) is 5.26 Å². The Morgan fingerprint density at radius 2 is 1.77 bits per heavy atom. The fourth-order valence-corrected chi connectivity index (χ4v) is 3.09. The number of hydrogen-bond acceptors (Lipinski definition) is 2. The molecule has 0 fully saturated rings. The van der Waals surface area contributed by atoms with Gasteiger partial charge in [0.1, 0.15) is 17.4 Å². The van der Waals surface area contributed by atoms with Crippen molar-refractivity contribution in [3.63, 3.8) is 0 Å². The lowest BCUT2D eigenvalue weighted by atomic mass is 10.1. The summed E-state index contributed by atoms with van der Waals surface area (Å²) < 4.78 is 15.5. The standard InChI is InChI=1S/C19H10Cl3FN2O/c20-14-2-1-3-17(23)13(14)10-25-18(7-5-12(9-24)19(25)26)11-4-6-15(21)16(22)8-11/h1-8H,10H2. The maximum absolute atomic E-state index is 14.2. The van der Waals surface area contributed by atoms with E-state index in [1.54, 1.807) is 24.3 Å². The van der Waals surface area contributed by atoms with Crippen LogP contribution in [0.25, 0.3) is 11.3 Å². The van der Waals surface area contributed by atoms with Gasteiger partial charge in [-0.1, -0.05) is 46.9 Å². The van der Waals surface area contributed by atoms with Crippen LogP contribution in [0.1, 0.15) is 11.1 Å². The van der Waals surface area contributed by atoms with Crippen molar-refractivity contribution in [3.8, 4) is 17.3 Å². The summed E-state index contributed by atoms with van der Waals surface area (Å²) in [6.45, 7) is -0.130. The van der Waals surface area contributed by atoms with E-state index in [2.05, 4.69) is 0 Å². The molecule has 0 N–H and O–H groups in total. The number of halogens is 4. The van der Waals surface area contributed by atoms with Gasteiger partial charge < -0.3 is 4.57 Å². The maximum atomic E-state index is 14.2. The average Bonchev–Trinajstić information content (AvgIpc) is 2.61. The van der Waals surface area contributed by atoms with E-state index in [0.29, 0.717) is 21.3 Å². The molecule has 130 valence electrons. The first-order valence-corrected chi connectivity index (χ1v) is 8.58. The van der Waals surface area contributed by atoms with Crippen LogP contribution in [0.15, 0.2) is 53.3 Å². The van der Waals surface area contributed by atoms with E-state index in [4.69, 9.17) is 40.1 Å². The molecule has 0 aliphatic carbocycles. The summed E-state index contributed by atoms with van der Waals surface area (Å²) >= 11 is 18.1. The topological polar surface area (TPSA) is 45.8 Å². The normalized spacial score (nSPS) is 10.6. The highest BCUT2D eigenvalue weighted by atomic mass is 35.5. The zero-order valence-electron chi connectivity index (χ0n) is 13.1. The second-order valence-electron chi connectivity index (χ2n) is 5.46. The van der Waals surface area contributed by atoms with Crippen molar-refractivity contribution in [2.24, 2.45) is 0 Å². The lowest BCUT2D eigenvalue weighted by Gasteiger charge is -2.15. The van der Waals surface area contributed by atoms with E-state index < -0.39 is 11.4 Å². The fourth-order valence-electron chi connectivity index (χ4n) is 2.57. The van der Waals surface area contributed by atoms with Crippen molar-refractivity contribution >= 4 is 34.8 Å². The third kappa shape index (κ3) is 3.47. The molecule has 3 rings (SSSR count). The van der Waals surface area contributed by atoms with Gasteiger partial charge in [-0.2, -0.15) is 5.26 Å². The summed E-state index contributed by atoms with van der Waals surface area (Å²) in [6.07, 6.45) is 0. The first-order chi connectivity index (χ1) is 12.4. The van der Waals surface area contributed by atoms with E-state index in [-0.39, 0.29) is 22.7 Å². The van der Waals surface area contributed by atoms with Gasteiger partial charge in [0.25, 0.3) is 5.56 Å².